The van der Waals surface area contributed by atoms with Crippen molar-refractivity contribution in [1.82, 2.24) is 4.90 Å². The highest BCUT2D eigenvalue weighted by molar-refractivity contribution is 7.99. The lowest BCUT2D eigenvalue weighted by atomic mass is 10.1. The first-order valence-corrected chi connectivity index (χ1v) is 7.88. The molecule has 20 heavy (non-hydrogen) atoms. The average molecular weight is 291 g/mol. The maximum absolute atomic E-state index is 8.83. The van der Waals surface area contributed by atoms with Crippen LogP contribution in [0.4, 0.5) is 0 Å². The van der Waals surface area contributed by atoms with Crippen LogP contribution in [0.25, 0.3) is 0 Å². The van der Waals surface area contributed by atoms with Crippen LogP contribution in [0.15, 0.2) is 18.2 Å². The molecule has 1 unspecified atom stereocenters. The highest BCUT2D eigenvalue weighted by Crippen LogP contribution is 2.22. The second kappa shape index (κ2) is 7.58. The van der Waals surface area contributed by atoms with Gasteiger partial charge in [0.1, 0.15) is 12.4 Å². The van der Waals surface area contributed by atoms with Gasteiger partial charge in [0.25, 0.3) is 0 Å². The molecular weight excluding hydrogens is 270 g/mol. The quantitative estimate of drug-likeness (QED) is 0.863. The molecule has 1 heterocycles. The number of methoxy groups -OCH3 is 1. The van der Waals surface area contributed by atoms with Crippen molar-refractivity contribution in [2.24, 2.45) is 0 Å². The van der Waals surface area contributed by atoms with Gasteiger partial charge in [0.05, 0.1) is 12.7 Å². The highest BCUT2D eigenvalue weighted by Gasteiger charge is 2.16. The lowest BCUT2D eigenvalue weighted by molar-refractivity contribution is 0.278. The van der Waals surface area contributed by atoms with Crippen molar-refractivity contribution in [2.45, 2.75) is 18.7 Å². The molecular formula is C16H21NO2S. The largest absolute Gasteiger partial charge is 0.495 e. The number of benzene rings is 1. The number of thioether (sulfide) groups is 1. The molecule has 1 aliphatic rings. The van der Waals surface area contributed by atoms with Crippen LogP contribution in [0, 0.1) is 11.8 Å². The molecule has 1 fully saturated rings. The van der Waals surface area contributed by atoms with E-state index in [2.05, 4.69) is 35.8 Å². The van der Waals surface area contributed by atoms with Crippen LogP contribution in [0.2, 0.25) is 0 Å². The summed E-state index contributed by atoms with van der Waals surface area (Å²) in [4.78, 5) is 2.48. The molecule has 0 saturated carbocycles. The van der Waals surface area contributed by atoms with E-state index in [-0.39, 0.29) is 6.61 Å². The van der Waals surface area contributed by atoms with E-state index < -0.39 is 0 Å². The number of ether oxygens (including phenoxy) is 1. The second-order valence-electron chi connectivity index (χ2n) is 4.91. The summed E-state index contributed by atoms with van der Waals surface area (Å²) in [5, 5.41) is 9.53. The van der Waals surface area contributed by atoms with Crippen molar-refractivity contribution in [3.05, 3.63) is 29.3 Å². The first-order chi connectivity index (χ1) is 9.72. The van der Waals surface area contributed by atoms with Gasteiger partial charge >= 0.3 is 0 Å². The summed E-state index contributed by atoms with van der Waals surface area (Å²) in [5.74, 6) is 7.60. The molecule has 3 nitrogen and oxygen atoms in total. The third-order valence-electron chi connectivity index (χ3n) is 3.30. The molecule has 2 rings (SSSR count). The van der Waals surface area contributed by atoms with E-state index in [0.717, 1.165) is 30.9 Å². The summed E-state index contributed by atoms with van der Waals surface area (Å²) < 4.78 is 5.30. The van der Waals surface area contributed by atoms with Gasteiger partial charge in [-0.3, -0.25) is 4.90 Å². The zero-order chi connectivity index (χ0) is 14.4. The molecule has 1 aromatic carbocycles. The Morgan fingerprint density at radius 2 is 2.35 bits per heavy atom. The van der Waals surface area contributed by atoms with Crippen LogP contribution < -0.4 is 4.74 Å². The molecule has 0 aromatic heterocycles. The van der Waals surface area contributed by atoms with Gasteiger partial charge in [0.15, 0.2) is 0 Å². The Hall–Kier alpha value is -1.15. The van der Waals surface area contributed by atoms with Crippen LogP contribution in [-0.2, 0) is 6.54 Å². The van der Waals surface area contributed by atoms with Crippen LogP contribution >= 0.6 is 11.8 Å². The Bertz CT molecular complexity index is 507. The van der Waals surface area contributed by atoms with Crippen molar-refractivity contribution in [3.63, 3.8) is 0 Å². The van der Waals surface area contributed by atoms with Crippen molar-refractivity contribution in [2.75, 3.05) is 32.6 Å². The molecule has 4 heteroatoms. The predicted octanol–water partition coefficient (Wildman–Crippen LogP) is 1.98. The second-order valence-corrected chi connectivity index (χ2v) is 6.46. The molecule has 1 atom stereocenters. The molecule has 0 aliphatic carbocycles. The van der Waals surface area contributed by atoms with Gasteiger partial charge in [0.2, 0.25) is 0 Å². The summed E-state index contributed by atoms with van der Waals surface area (Å²) in [5.41, 5.74) is 2.09. The number of nitrogens with zero attached hydrogens (tertiary/aromatic N) is 1. The van der Waals surface area contributed by atoms with Gasteiger partial charge in [-0.25, -0.2) is 0 Å². The SMILES string of the molecule is COc1ccc(CN2CCSC(C)C2)cc1C#CCO. The Morgan fingerprint density at radius 3 is 3.05 bits per heavy atom. The lowest BCUT2D eigenvalue weighted by Crippen LogP contribution is -2.36. The van der Waals surface area contributed by atoms with E-state index >= 15 is 0 Å². The monoisotopic (exact) mass is 291 g/mol. The molecule has 1 N–H and O–H groups in total. The van der Waals surface area contributed by atoms with Crippen molar-refractivity contribution in [3.8, 4) is 17.6 Å². The number of aliphatic hydroxyl groups is 1. The normalized spacial score (nSPS) is 19.2. The van der Waals surface area contributed by atoms with E-state index in [1.54, 1.807) is 7.11 Å². The summed E-state index contributed by atoms with van der Waals surface area (Å²) in [6.45, 7) is 5.37. The highest BCUT2D eigenvalue weighted by atomic mass is 32.2. The molecule has 1 aliphatic heterocycles. The summed E-state index contributed by atoms with van der Waals surface area (Å²) in [7, 11) is 1.64. The first-order valence-electron chi connectivity index (χ1n) is 6.83. The number of hydrogen-bond donors (Lipinski definition) is 1. The third kappa shape index (κ3) is 4.17. The van der Waals surface area contributed by atoms with Gasteiger partial charge in [-0.1, -0.05) is 24.8 Å². The Kier molecular flexibility index (Phi) is 5.78. The van der Waals surface area contributed by atoms with Crippen molar-refractivity contribution >= 4 is 11.8 Å². The molecule has 0 bridgehead atoms. The average Bonchev–Trinajstić information content (AvgIpc) is 2.45. The minimum absolute atomic E-state index is 0.131. The smallest absolute Gasteiger partial charge is 0.134 e. The molecule has 108 valence electrons. The lowest BCUT2D eigenvalue weighted by Gasteiger charge is -2.30. The van der Waals surface area contributed by atoms with E-state index in [4.69, 9.17) is 9.84 Å². The minimum Gasteiger partial charge on any atom is -0.495 e. The first kappa shape index (κ1) is 15.2. The Balaban J connectivity index is 2.11. The van der Waals surface area contributed by atoms with E-state index in [9.17, 15) is 0 Å². The van der Waals surface area contributed by atoms with Crippen LogP contribution in [-0.4, -0.2) is 47.8 Å². The number of rotatable bonds is 3. The number of hydrogen-bond acceptors (Lipinski definition) is 4. The number of aliphatic hydroxyl groups excluding tert-OH is 1. The summed E-state index contributed by atoms with van der Waals surface area (Å²) >= 11 is 2.04. The summed E-state index contributed by atoms with van der Waals surface area (Å²) in [6, 6.07) is 6.11. The van der Waals surface area contributed by atoms with Gasteiger partial charge in [0, 0.05) is 30.6 Å². The van der Waals surface area contributed by atoms with Crippen molar-refractivity contribution < 1.29 is 9.84 Å². The topological polar surface area (TPSA) is 32.7 Å². The van der Waals surface area contributed by atoms with Gasteiger partial charge in [-0.2, -0.15) is 11.8 Å². The molecule has 0 radical (unpaired) electrons. The predicted molar refractivity (Wildman–Crippen MR) is 84.2 cm³/mol. The van der Waals surface area contributed by atoms with E-state index in [0.29, 0.717) is 5.25 Å². The van der Waals surface area contributed by atoms with Crippen molar-refractivity contribution in [1.29, 1.82) is 0 Å². The van der Waals surface area contributed by atoms with E-state index in [1.807, 2.05) is 17.8 Å². The fraction of sp³-hybridized carbons (Fsp3) is 0.500. The van der Waals surface area contributed by atoms with Crippen LogP contribution in [0.1, 0.15) is 18.1 Å². The maximum Gasteiger partial charge on any atom is 0.134 e. The van der Waals surface area contributed by atoms with E-state index in [1.165, 1.54) is 11.3 Å². The fourth-order valence-corrected chi connectivity index (χ4v) is 3.46. The molecule has 0 amide bonds. The third-order valence-corrected chi connectivity index (χ3v) is 4.43. The van der Waals surface area contributed by atoms with Gasteiger partial charge in [-0.15, -0.1) is 0 Å². The van der Waals surface area contributed by atoms with Crippen LogP contribution in [0.3, 0.4) is 0 Å². The maximum atomic E-state index is 8.83. The minimum atomic E-state index is -0.131. The zero-order valence-electron chi connectivity index (χ0n) is 12.1. The summed E-state index contributed by atoms with van der Waals surface area (Å²) in [6.07, 6.45) is 0. The van der Waals surface area contributed by atoms with Gasteiger partial charge < -0.3 is 9.84 Å². The molecule has 0 spiro atoms. The van der Waals surface area contributed by atoms with Gasteiger partial charge in [-0.05, 0) is 17.7 Å². The Labute approximate surface area is 125 Å². The molecule has 1 aromatic rings. The fourth-order valence-electron chi connectivity index (χ4n) is 2.38. The zero-order valence-corrected chi connectivity index (χ0v) is 12.9. The molecule has 1 saturated heterocycles. The van der Waals surface area contributed by atoms with Crippen LogP contribution in [0.5, 0.6) is 5.75 Å². The Morgan fingerprint density at radius 1 is 1.50 bits per heavy atom. The standard InChI is InChI=1S/C16H21NO2S/c1-13-11-17(7-9-20-13)12-14-5-6-16(19-2)15(10-14)4-3-8-18/h5-6,10,13,18H,7-9,11-12H2,1-2H3.